The van der Waals surface area contributed by atoms with Gasteiger partial charge in [-0.25, -0.2) is 4.68 Å². The van der Waals surface area contributed by atoms with Crippen LogP contribution in [0.5, 0.6) is 11.8 Å². The number of nitrogens with two attached hydrogens (primary N) is 1. The number of alkyl halides is 6. The fourth-order valence-electron chi connectivity index (χ4n) is 5.10. The van der Waals surface area contributed by atoms with E-state index in [1.807, 2.05) is 13.0 Å². The number of fused-ring (bicyclic) bond motifs is 2. The summed E-state index contributed by atoms with van der Waals surface area (Å²) in [5, 5.41) is 11.4. The molecule has 1 saturated heterocycles. The van der Waals surface area contributed by atoms with Crippen molar-refractivity contribution in [2.24, 2.45) is 17.6 Å². The normalized spacial score (nSPS) is 24.4. The highest BCUT2D eigenvalue weighted by Crippen LogP contribution is 2.48. The molecule has 2 bridgehead atoms. The van der Waals surface area contributed by atoms with Gasteiger partial charge in [0.1, 0.15) is 12.3 Å². The van der Waals surface area contributed by atoms with E-state index in [4.69, 9.17) is 10.5 Å². The number of hydrogen-bond donors (Lipinski definition) is 2. The van der Waals surface area contributed by atoms with Crippen molar-refractivity contribution in [1.29, 1.82) is 0 Å². The third-order valence-corrected chi connectivity index (χ3v) is 6.71. The average Bonchev–Trinajstić information content (AvgIpc) is 3.43. The zero-order chi connectivity index (χ0) is 25.8. The molecular formula is C22H23F6N7O. The number of aromatic amines is 1. The summed E-state index contributed by atoms with van der Waals surface area (Å²) in [4.78, 5) is 6.04. The fourth-order valence-corrected chi connectivity index (χ4v) is 5.10. The molecule has 2 aliphatic rings. The van der Waals surface area contributed by atoms with E-state index in [2.05, 4.69) is 20.3 Å². The maximum Gasteiger partial charge on any atom is 0.416 e. The van der Waals surface area contributed by atoms with Gasteiger partial charge in [-0.15, -0.1) is 5.10 Å². The molecule has 2 fully saturated rings. The van der Waals surface area contributed by atoms with Crippen molar-refractivity contribution < 1.29 is 31.1 Å². The van der Waals surface area contributed by atoms with Crippen LogP contribution in [0.2, 0.25) is 0 Å². The molecule has 1 aromatic carbocycles. The second-order valence-corrected chi connectivity index (χ2v) is 9.24. The van der Waals surface area contributed by atoms with E-state index in [0.717, 1.165) is 42.8 Å². The molecule has 194 valence electrons. The van der Waals surface area contributed by atoms with E-state index in [0.29, 0.717) is 16.9 Å². The quantitative estimate of drug-likeness (QED) is 0.482. The Balaban J connectivity index is 1.50. The van der Waals surface area contributed by atoms with Gasteiger partial charge < -0.3 is 15.4 Å². The Hall–Kier alpha value is -3.29. The second-order valence-electron chi connectivity index (χ2n) is 9.24. The second kappa shape index (κ2) is 8.68. The van der Waals surface area contributed by atoms with Gasteiger partial charge >= 0.3 is 18.4 Å². The largest absolute Gasteiger partial charge is 0.424 e. The Bertz CT molecular complexity index is 1220. The lowest BCUT2D eigenvalue weighted by Gasteiger charge is -2.42. The zero-order valence-electron chi connectivity index (χ0n) is 19.0. The fraction of sp³-hybridized carbons (Fsp3) is 0.500. The lowest BCUT2D eigenvalue weighted by molar-refractivity contribution is -0.143. The highest BCUT2D eigenvalue weighted by atomic mass is 19.4. The van der Waals surface area contributed by atoms with Gasteiger partial charge in [0.15, 0.2) is 0 Å². The number of benzene rings is 1. The lowest BCUT2D eigenvalue weighted by Crippen LogP contribution is -2.51. The first kappa shape index (κ1) is 24.4. The summed E-state index contributed by atoms with van der Waals surface area (Å²) in [6.07, 6.45) is -7.50. The molecule has 0 spiro atoms. The van der Waals surface area contributed by atoms with Gasteiger partial charge in [-0.2, -0.15) is 36.4 Å². The summed E-state index contributed by atoms with van der Waals surface area (Å²) in [7, 11) is 0. The monoisotopic (exact) mass is 515 g/mol. The predicted octanol–water partition coefficient (Wildman–Crippen LogP) is 4.60. The van der Waals surface area contributed by atoms with Crippen LogP contribution in [0.15, 0.2) is 30.3 Å². The summed E-state index contributed by atoms with van der Waals surface area (Å²) in [6, 6.07) is 4.51. The van der Waals surface area contributed by atoms with Crippen LogP contribution in [-0.2, 0) is 12.7 Å². The number of aryl methyl sites for hydroxylation is 1. The van der Waals surface area contributed by atoms with Crippen molar-refractivity contribution in [2.75, 3.05) is 11.4 Å². The molecule has 4 unspecified atom stereocenters. The van der Waals surface area contributed by atoms with E-state index >= 15 is 0 Å². The first-order chi connectivity index (χ1) is 16.9. The van der Waals surface area contributed by atoms with E-state index in [1.165, 1.54) is 0 Å². The number of H-pyrrole nitrogens is 1. The molecule has 14 heteroatoms. The van der Waals surface area contributed by atoms with Crippen LogP contribution in [0.4, 0.5) is 32.3 Å². The van der Waals surface area contributed by atoms with Crippen molar-refractivity contribution in [3.63, 3.8) is 0 Å². The lowest BCUT2D eigenvalue weighted by atomic mass is 9.84. The van der Waals surface area contributed by atoms with Crippen LogP contribution in [-0.4, -0.2) is 43.7 Å². The molecule has 3 N–H and O–H groups in total. The number of ether oxygens (including phenoxy) is 1. The zero-order valence-corrected chi connectivity index (χ0v) is 19.0. The minimum atomic E-state index is -4.63. The molecular weight excluding hydrogens is 492 g/mol. The maximum absolute atomic E-state index is 13.3. The number of piperidine rings is 1. The third-order valence-electron chi connectivity index (χ3n) is 6.71. The van der Waals surface area contributed by atoms with Gasteiger partial charge in [0, 0.05) is 24.2 Å². The van der Waals surface area contributed by atoms with Crippen LogP contribution < -0.4 is 15.4 Å². The van der Waals surface area contributed by atoms with Crippen LogP contribution in [0.1, 0.15) is 35.8 Å². The van der Waals surface area contributed by atoms with E-state index < -0.39 is 30.5 Å². The Labute approximate surface area is 201 Å². The number of halogens is 6. The van der Waals surface area contributed by atoms with Crippen molar-refractivity contribution in [2.45, 2.75) is 50.7 Å². The molecule has 4 atom stereocenters. The number of anilines is 1. The molecule has 3 aromatic rings. The molecule has 3 heterocycles. The van der Waals surface area contributed by atoms with Crippen LogP contribution in [0.3, 0.4) is 0 Å². The highest BCUT2D eigenvalue weighted by molar-refractivity contribution is 5.40. The minimum absolute atomic E-state index is 0.000275. The first-order valence-corrected chi connectivity index (χ1v) is 11.3. The molecule has 5 rings (SSSR count). The summed E-state index contributed by atoms with van der Waals surface area (Å²) in [5.74, 6) is 0.0154. The molecule has 0 amide bonds. The number of nitrogens with zero attached hydrogens (tertiary/aromatic N) is 5. The third kappa shape index (κ3) is 4.73. The van der Waals surface area contributed by atoms with Gasteiger partial charge in [-0.3, -0.25) is 5.10 Å². The molecule has 1 aliphatic heterocycles. The van der Waals surface area contributed by atoms with Crippen molar-refractivity contribution in [3.8, 4) is 11.8 Å². The van der Waals surface area contributed by atoms with E-state index in [1.54, 1.807) is 4.90 Å². The van der Waals surface area contributed by atoms with Crippen molar-refractivity contribution in [1.82, 2.24) is 25.0 Å². The summed E-state index contributed by atoms with van der Waals surface area (Å²) in [5.41, 5.74) is 7.05. The van der Waals surface area contributed by atoms with Crippen molar-refractivity contribution >= 4 is 5.95 Å². The molecule has 1 saturated carbocycles. The average molecular weight is 515 g/mol. The molecule has 2 aromatic heterocycles. The maximum atomic E-state index is 13.3. The molecule has 36 heavy (non-hydrogen) atoms. The summed E-state index contributed by atoms with van der Waals surface area (Å²) >= 11 is 0. The summed E-state index contributed by atoms with van der Waals surface area (Å²) in [6.45, 7) is 0.777. The SMILES string of the molecule is Cc1cc(C2C3CCC(CN2c2nc(Oc4ccc(C(F)(F)F)cc4)n(CC(F)(F)F)n2)C3N)n[nH]1. The van der Waals surface area contributed by atoms with E-state index in [9.17, 15) is 26.3 Å². The van der Waals surface area contributed by atoms with Crippen molar-refractivity contribution in [3.05, 3.63) is 47.3 Å². The van der Waals surface area contributed by atoms with Gasteiger partial charge in [0.25, 0.3) is 0 Å². The Morgan fingerprint density at radius 2 is 1.83 bits per heavy atom. The van der Waals surface area contributed by atoms with Gasteiger partial charge in [-0.05, 0) is 56.0 Å². The Kier molecular flexibility index (Phi) is 5.88. The van der Waals surface area contributed by atoms with Crippen LogP contribution in [0, 0.1) is 18.8 Å². The molecule has 1 aliphatic carbocycles. The molecule has 8 nitrogen and oxygen atoms in total. The van der Waals surface area contributed by atoms with Gasteiger partial charge in [0.2, 0.25) is 5.95 Å². The number of nitrogens with one attached hydrogen (secondary N) is 1. The summed E-state index contributed by atoms with van der Waals surface area (Å²) < 4.78 is 84.6. The number of hydrogen-bond acceptors (Lipinski definition) is 6. The predicted molar refractivity (Wildman–Crippen MR) is 115 cm³/mol. The minimum Gasteiger partial charge on any atom is -0.424 e. The highest BCUT2D eigenvalue weighted by Gasteiger charge is 2.49. The van der Waals surface area contributed by atoms with Crippen LogP contribution >= 0.6 is 0 Å². The Morgan fingerprint density at radius 1 is 1.11 bits per heavy atom. The van der Waals surface area contributed by atoms with Gasteiger partial charge in [-0.1, -0.05) is 0 Å². The van der Waals surface area contributed by atoms with Crippen LogP contribution in [0.25, 0.3) is 0 Å². The first-order valence-electron chi connectivity index (χ1n) is 11.3. The Morgan fingerprint density at radius 3 is 2.44 bits per heavy atom. The number of rotatable bonds is 5. The van der Waals surface area contributed by atoms with E-state index in [-0.39, 0.29) is 35.6 Å². The number of aromatic nitrogens is 5. The molecule has 0 radical (unpaired) electrons. The standard InChI is InChI=1S/C22H23F6N7O/c1-11-8-16(32-31-11)18-15-7-2-12(17(15)29)9-34(18)19-30-20(35(33-19)10-21(23,24)25)36-14-5-3-13(4-6-14)22(26,27)28/h3-6,8,12,15,17-18H,2,7,9-10,29H2,1H3,(H,31,32). The smallest absolute Gasteiger partial charge is 0.416 e. The van der Waals surface area contributed by atoms with Gasteiger partial charge in [0.05, 0.1) is 17.3 Å². The topological polar surface area (TPSA) is 97.9 Å².